The van der Waals surface area contributed by atoms with Crippen molar-refractivity contribution in [3.8, 4) is 5.75 Å². The lowest BCUT2D eigenvalue weighted by Gasteiger charge is -2.11. The van der Waals surface area contributed by atoms with Crippen molar-refractivity contribution >= 4 is 0 Å². The van der Waals surface area contributed by atoms with Crippen LogP contribution in [0.3, 0.4) is 0 Å². The van der Waals surface area contributed by atoms with Crippen LogP contribution in [0.25, 0.3) is 0 Å². The molecule has 4 N–H and O–H groups in total. The summed E-state index contributed by atoms with van der Waals surface area (Å²) in [7, 11) is 0. The summed E-state index contributed by atoms with van der Waals surface area (Å²) in [6.45, 7) is 3.27. The number of ether oxygens (including phenoxy) is 1. The predicted molar refractivity (Wildman–Crippen MR) is 58.2 cm³/mol. The van der Waals surface area contributed by atoms with Gasteiger partial charge in [0.25, 0.3) is 0 Å². The maximum Gasteiger partial charge on any atom is 0.119 e. The summed E-state index contributed by atoms with van der Waals surface area (Å²) in [5.74, 6) is 0.885. The molecule has 0 saturated carbocycles. The number of nitrogens with two attached hydrogens (primary N) is 2. The fraction of sp³-hybridized carbons (Fsp3) is 0.455. The van der Waals surface area contributed by atoms with E-state index in [2.05, 4.69) is 0 Å². The predicted octanol–water partition coefficient (Wildman–Crippen LogP) is 1.43. The van der Waals surface area contributed by atoms with Gasteiger partial charge in [-0.25, -0.2) is 0 Å². The highest BCUT2D eigenvalue weighted by Crippen LogP contribution is 2.17. The molecule has 1 atom stereocenters. The lowest BCUT2D eigenvalue weighted by molar-refractivity contribution is 0.340. The van der Waals surface area contributed by atoms with E-state index in [1.165, 1.54) is 0 Å². The van der Waals surface area contributed by atoms with E-state index in [1.54, 1.807) is 0 Å². The van der Waals surface area contributed by atoms with Crippen molar-refractivity contribution < 1.29 is 4.74 Å². The largest absolute Gasteiger partial charge is 0.494 e. The van der Waals surface area contributed by atoms with Gasteiger partial charge in [0.15, 0.2) is 0 Å². The second-order valence-corrected chi connectivity index (χ2v) is 3.19. The number of hydrogen-bond acceptors (Lipinski definition) is 3. The molecule has 78 valence electrons. The summed E-state index contributed by atoms with van der Waals surface area (Å²) < 4.78 is 5.34. The van der Waals surface area contributed by atoms with Gasteiger partial charge in [0.05, 0.1) is 6.61 Å². The minimum Gasteiger partial charge on any atom is -0.494 e. The van der Waals surface area contributed by atoms with Crippen LogP contribution >= 0.6 is 0 Å². The van der Waals surface area contributed by atoms with Crippen LogP contribution in [-0.2, 0) is 0 Å². The first kappa shape index (κ1) is 11.0. The molecule has 1 aromatic rings. The Morgan fingerprint density at radius 2 is 1.93 bits per heavy atom. The lowest BCUT2D eigenvalue weighted by atomic mass is 10.1. The van der Waals surface area contributed by atoms with Crippen molar-refractivity contribution in [1.82, 2.24) is 0 Å². The Morgan fingerprint density at radius 3 is 2.43 bits per heavy atom. The first-order valence-electron chi connectivity index (χ1n) is 4.96. The topological polar surface area (TPSA) is 61.3 Å². The quantitative estimate of drug-likeness (QED) is 0.745. The van der Waals surface area contributed by atoms with E-state index >= 15 is 0 Å². The number of rotatable bonds is 5. The Hall–Kier alpha value is -1.06. The van der Waals surface area contributed by atoms with Crippen molar-refractivity contribution in [1.29, 1.82) is 0 Å². The minimum absolute atomic E-state index is 0.0377. The van der Waals surface area contributed by atoms with Gasteiger partial charge in [-0.05, 0) is 37.6 Å². The molecule has 1 rings (SSSR count). The first-order chi connectivity index (χ1) is 6.77. The minimum atomic E-state index is 0.0377. The van der Waals surface area contributed by atoms with Crippen molar-refractivity contribution in [3.63, 3.8) is 0 Å². The molecule has 0 saturated heterocycles. The molecule has 0 unspecified atom stereocenters. The van der Waals surface area contributed by atoms with E-state index in [-0.39, 0.29) is 6.04 Å². The molecule has 0 aliphatic rings. The van der Waals surface area contributed by atoms with Crippen LogP contribution in [-0.4, -0.2) is 13.2 Å². The van der Waals surface area contributed by atoms with E-state index in [9.17, 15) is 0 Å². The average molecular weight is 194 g/mol. The van der Waals surface area contributed by atoms with Gasteiger partial charge in [0.2, 0.25) is 0 Å². The molecule has 0 heterocycles. The second-order valence-electron chi connectivity index (χ2n) is 3.19. The normalized spacial score (nSPS) is 12.5. The fourth-order valence-electron chi connectivity index (χ4n) is 1.32. The van der Waals surface area contributed by atoms with Crippen LogP contribution < -0.4 is 16.2 Å². The van der Waals surface area contributed by atoms with E-state index in [4.69, 9.17) is 16.2 Å². The molecule has 0 aromatic heterocycles. The average Bonchev–Trinajstić information content (AvgIpc) is 2.20. The summed E-state index contributed by atoms with van der Waals surface area (Å²) in [4.78, 5) is 0. The molecule has 0 amide bonds. The van der Waals surface area contributed by atoms with Crippen LogP contribution in [0.1, 0.15) is 24.9 Å². The van der Waals surface area contributed by atoms with Crippen LogP contribution in [0.5, 0.6) is 5.75 Å². The van der Waals surface area contributed by atoms with Gasteiger partial charge < -0.3 is 16.2 Å². The summed E-state index contributed by atoms with van der Waals surface area (Å²) >= 11 is 0. The molecule has 1 aromatic carbocycles. The van der Waals surface area contributed by atoms with Gasteiger partial charge >= 0.3 is 0 Å². The lowest BCUT2D eigenvalue weighted by Crippen LogP contribution is -2.15. The molecule has 0 aliphatic heterocycles. The maximum absolute atomic E-state index is 5.91. The van der Waals surface area contributed by atoms with Crippen molar-refractivity contribution in [3.05, 3.63) is 29.8 Å². The standard InChI is InChI=1S/C11H18N2O/c1-2-14-10-5-3-9(4-6-10)11(13)7-8-12/h3-6,11H,2,7-8,12-13H2,1H3/t11-/m1/s1. The van der Waals surface area contributed by atoms with Crippen molar-refractivity contribution in [2.45, 2.75) is 19.4 Å². The summed E-state index contributed by atoms with van der Waals surface area (Å²) in [6, 6.07) is 7.90. The Kier molecular flexibility index (Phi) is 4.43. The van der Waals surface area contributed by atoms with Gasteiger partial charge in [-0.2, -0.15) is 0 Å². The van der Waals surface area contributed by atoms with Gasteiger partial charge in [0.1, 0.15) is 5.75 Å². The summed E-state index contributed by atoms with van der Waals surface area (Å²) in [5, 5.41) is 0. The third kappa shape index (κ3) is 3.01. The highest BCUT2D eigenvalue weighted by Gasteiger charge is 2.04. The molecule has 14 heavy (non-hydrogen) atoms. The first-order valence-corrected chi connectivity index (χ1v) is 4.96. The highest BCUT2D eigenvalue weighted by atomic mass is 16.5. The Morgan fingerprint density at radius 1 is 1.29 bits per heavy atom. The van der Waals surface area contributed by atoms with E-state index in [0.717, 1.165) is 17.7 Å². The molecule has 0 radical (unpaired) electrons. The molecule has 0 bridgehead atoms. The summed E-state index contributed by atoms with van der Waals surface area (Å²) in [5.41, 5.74) is 12.5. The Bertz CT molecular complexity index is 258. The molecule has 0 aliphatic carbocycles. The van der Waals surface area contributed by atoms with E-state index < -0.39 is 0 Å². The molecular weight excluding hydrogens is 176 g/mol. The second kappa shape index (κ2) is 5.62. The van der Waals surface area contributed by atoms with Crippen LogP contribution in [0, 0.1) is 0 Å². The van der Waals surface area contributed by atoms with E-state index in [1.807, 2.05) is 31.2 Å². The fourth-order valence-corrected chi connectivity index (χ4v) is 1.32. The molecular formula is C11H18N2O. The summed E-state index contributed by atoms with van der Waals surface area (Å²) in [6.07, 6.45) is 0.813. The number of hydrogen-bond donors (Lipinski definition) is 2. The molecule has 3 heteroatoms. The van der Waals surface area contributed by atoms with Crippen LogP contribution in [0.15, 0.2) is 24.3 Å². The van der Waals surface area contributed by atoms with E-state index in [0.29, 0.717) is 13.2 Å². The third-order valence-corrected chi connectivity index (χ3v) is 2.10. The van der Waals surface area contributed by atoms with Gasteiger partial charge in [-0.3, -0.25) is 0 Å². The zero-order valence-corrected chi connectivity index (χ0v) is 8.57. The van der Waals surface area contributed by atoms with Gasteiger partial charge in [-0.15, -0.1) is 0 Å². The third-order valence-electron chi connectivity index (χ3n) is 2.10. The smallest absolute Gasteiger partial charge is 0.119 e. The van der Waals surface area contributed by atoms with Crippen molar-refractivity contribution in [2.24, 2.45) is 11.5 Å². The van der Waals surface area contributed by atoms with Crippen LogP contribution in [0.4, 0.5) is 0 Å². The Balaban J connectivity index is 2.62. The zero-order valence-electron chi connectivity index (χ0n) is 8.57. The zero-order chi connectivity index (χ0) is 10.4. The Labute approximate surface area is 85.0 Å². The van der Waals surface area contributed by atoms with Gasteiger partial charge in [-0.1, -0.05) is 12.1 Å². The molecule has 3 nitrogen and oxygen atoms in total. The monoisotopic (exact) mass is 194 g/mol. The SMILES string of the molecule is CCOc1ccc([C@H](N)CCN)cc1. The molecule has 0 spiro atoms. The van der Waals surface area contributed by atoms with Crippen LogP contribution in [0.2, 0.25) is 0 Å². The maximum atomic E-state index is 5.91. The number of benzene rings is 1. The van der Waals surface area contributed by atoms with Gasteiger partial charge in [0, 0.05) is 6.04 Å². The highest BCUT2D eigenvalue weighted by molar-refractivity contribution is 5.28. The molecule has 0 fully saturated rings. The van der Waals surface area contributed by atoms with Crippen molar-refractivity contribution in [2.75, 3.05) is 13.2 Å².